The van der Waals surface area contributed by atoms with Crippen molar-refractivity contribution < 1.29 is 0 Å². The van der Waals surface area contributed by atoms with Gasteiger partial charge >= 0.3 is 0 Å². The molecule has 1 fully saturated rings. The van der Waals surface area contributed by atoms with Crippen LogP contribution >= 0.6 is 0 Å². The molecule has 2 atom stereocenters. The van der Waals surface area contributed by atoms with Crippen LogP contribution in [0.5, 0.6) is 0 Å². The number of para-hydroxylation sites is 1. The maximum absolute atomic E-state index is 3.49. The summed E-state index contributed by atoms with van der Waals surface area (Å²) in [6.07, 6.45) is 5.47. The van der Waals surface area contributed by atoms with Crippen molar-refractivity contribution in [1.29, 1.82) is 0 Å². The normalized spacial score (nSPS) is 22.7. The minimum absolute atomic E-state index is 0.746. The minimum atomic E-state index is 0.746. The summed E-state index contributed by atoms with van der Waals surface area (Å²) in [5.41, 5.74) is 2.80. The summed E-state index contributed by atoms with van der Waals surface area (Å²) >= 11 is 0. The number of nitrogens with zero attached hydrogens (tertiary/aromatic N) is 1. The van der Waals surface area contributed by atoms with Gasteiger partial charge in [-0.15, -0.1) is 0 Å². The van der Waals surface area contributed by atoms with E-state index in [1.807, 2.05) is 0 Å². The third kappa shape index (κ3) is 3.50. The van der Waals surface area contributed by atoms with Gasteiger partial charge in [-0.3, -0.25) is 0 Å². The molecule has 1 saturated carbocycles. The van der Waals surface area contributed by atoms with Crippen LogP contribution in [0.4, 0.5) is 5.69 Å². The average Bonchev–Trinajstić information content (AvgIpc) is 2.88. The maximum Gasteiger partial charge on any atom is 0.0395 e. The lowest BCUT2D eigenvalue weighted by Crippen LogP contribution is -2.33. The highest BCUT2D eigenvalue weighted by atomic mass is 15.1. The van der Waals surface area contributed by atoms with Crippen molar-refractivity contribution in [3.63, 3.8) is 0 Å². The van der Waals surface area contributed by atoms with Crippen LogP contribution in [-0.2, 0) is 0 Å². The summed E-state index contributed by atoms with van der Waals surface area (Å²) in [6, 6.07) is 9.49. The fourth-order valence-corrected chi connectivity index (χ4v) is 3.45. The highest BCUT2D eigenvalue weighted by molar-refractivity contribution is 5.52. The highest BCUT2D eigenvalue weighted by Gasteiger charge is 2.25. The Bertz CT molecular complexity index is 389. The number of aryl methyl sites for hydroxylation is 1. The molecule has 2 nitrogen and oxygen atoms in total. The molecule has 1 aromatic rings. The molecule has 0 bridgehead atoms. The molecule has 2 rings (SSSR count). The van der Waals surface area contributed by atoms with Gasteiger partial charge in [0.15, 0.2) is 0 Å². The van der Waals surface area contributed by atoms with Crippen LogP contribution in [0.1, 0.15) is 38.2 Å². The van der Waals surface area contributed by atoms with Gasteiger partial charge in [0.1, 0.15) is 0 Å². The summed E-state index contributed by atoms with van der Waals surface area (Å²) < 4.78 is 0. The van der Waals surface area contributed by atoms with Crippen molar-refractivity contribution in [2.45, 2.75) is 45.6 Å². The molecule has 19 heavy (non-hydrogen) atoms. The van der Waals surface area contributed by atoms with Crippen LogP contribution in [-0.4, -0.2) is 26.2 Å². The second-order valence-electron chi connectivity index (χ2n) is 5.74. The minimum Gasteiger partial charge on any atom is -0.372 e. The van der Waals surface area contributed by atoms with E-state index < -0.39 is 0 Å². The van der Waals surface area contributed by atoms with Gasteiger partial charge < -0.3 is 10.2 Å². The Balaban J connectivity index is 1.95. The van der Waals surface area contributed by atoms with Crippen LogP contribution in [0.3, 0.4) is 0 Å². The van der Waals surface area contributed by atoms with E-state index in [1.54, 1.807) is 0 Å². The molecule has 0 radical (unpaired) electrons. The second-order valence-corrected chi connectivity index (χ2v) is 5.74. The quantitative estimate of drug-likeness (QED) is 0.840. The first-order valence-corrected chi connectivity index (χ1v) is 7.74. The number of nitrogens with one attached hydrogen (secondary N) is 1. The molecule has 1 N–H and O–H groups in total. The fraction of sp³-hybridized carbons (Fsp3) is 0.647. The van der Waals surface area contributed by atoms with Crippen molar-refractivity contribution in [2.75, 3.05) is 25.0 Å². The van der Waals surface area contributed by atoms with E-state index in [0.717, 1.165) is 18.5 Å². The van der Waals surface area contributed by atoms with Gasteiger partial charge in [-0.1, -0.05) is 24.6 Å². The van der Waals surface area contributed by atoms with Gasteiger partial charge in [-0.05, 0) is 57.7 Å². The third-order valence-corrected chi connectivity index (χ3v) is 4.64. The summed E-state index contributed by atoms with van der Waals surface area (Å²) in [5, 5.41) is 3.49. The largest absolute Gasteiger partial charge is 0.372 e. The van der Waals surface area contributed by atoms with E-state index in [-0.39, 0.29) is 0 Å². The molecule has 0 aliphatic heterocycles. The molecule has 2 heteroatoms. The zero-order valence-electron chi connectivity index (χ0n) is 12.7. The number of benzene rings is 1. The molecular weight excluding hydrogens is 232 g/mol. The molecule has 0 aromatic heterocycles. The van der Waals surface area contributed by atoms with Crippen LogP contribution in [0.15, 0.2) is 24.3 Å². The number of hydrogen-bond donors (Lipinski definition) is 1. The lowest BCUT2D eigenvalue weighted by atomic mass is 9.99. The smallest absolute Gasteiger partial charge is 0.0395 e. The Morgan fingerprint density at radius 2 is 2.05 bits per heavy atom. The number of rotatable bonds is 6. The Hall–Kier alpha value is -1.02. The summed E-state index contributed by atoms with van der Waals surface area (Å²) in [4.78, 5) is 2.53. The lowest BCUT2D eigenvalue weighted by Gasteiger charge is -2.28. The molecule has 0 spiro atoms. The maximum atomic E-state index is 3.49. The van der Waals surface area contributed by atoms with Crippen LogP contribution in [0, 0.1) is 12.8 Å². The first-order chi connectivity index (χ1) is 9.26. The topological polar surface area (TPSA) is 15.3 Å². The SMILES string of the molecule is CCN(CCC1CCCC1NC)c1ccccc1C. The standard InChI is InChI=1S/C17H28N2/c1-4-19(17-11-6-5-8-14(17)2)13-12-15-9-7-10-16(15)18-3/h5-6,8,11,15-16,18H,4,7,9-10,12-13H2,1-3H3. The molecule has 0 saturated heterocycles. The summed E-state index contributed by atoms with van der Waals surface area (Å²) in [6.45, 7) is 6.76. The fourth-order valence-electron chi connectivity index (χ4n) is 3.45. The molecule has 1 aromatic carbocycles. The Labute approximate surface area is 118 Å². The van der Waals surface area contributed by atoms with Gasteiger partial charge in [0.2, 0.25) is 0 Å². The van der Waals surface area contributed by atoms with Crippen molar-refractivity contribution in [1.82, 2.24) is 5.32 Å². The zero-order chi connectivity index (χ0) is 13.7. The first-order valence-electron chi connectivity index (χ1n) is 7.74. The van der Waals surface area contributed by atoms with E-state index in [0.29, 0.717) is 0 Å². The van der Waals surface area contributed by atoms with E-state index in [2.05, 4.69) is 55.4 Å². The second kappa shape index (κ2) is 6.95. The molecule has 1 aliphatic carbocycles. The molecule has 106 valence electrons. The molecule has 2 unspecified atom stereocenters. The van der Waals surface area contributed by atoms with Gasteiger partial charge in [0.25, 0.3) is 0 Å². The number of anilines is 1. The molecule has 0 heterocycles. The monoisotopic (exact) mass is 260 g/mol. The predicted octanol–water partition coefficient (Wildman–Crippen LogP) is 3.60. The van der Waals surface area contributed by atoms with E-state index >= 15 is 0 Å². The van der Waals surface area contributed by atoms with Gasteiger partial charge in [0, 0.05) is 24.8 Å². The van der Waals surface area contributed by atoms with Crippen LogP contribution in [0.25, 0.3) is 0 Å². The van der Waals surface area contributed by atoms with Crippen molar-refractivity contribution in [3.05, 3.63) is 29.8 Å². The van der Waals surface area contributed by atoms with E-state index in [9.17, 15) is 0 Å². The Kier molecular flexibility index (Phi) is 5.26. The van der Waals surface area contributed by atoms with Gasteiger partial charge in [0.05, 0.1) is 0 Å². The van der Waals surface area contributed by atoms with E-state index in [1.165, 1.54) is 43.5 Å². The highest BCUT2D eigenvalue weighted by Crippen LogP contribution is 2.29. The third-order valence-electron chi connectivity index (χ3n) is 4.64. The van der Waals surface area contributed by atoms with E-state index in [4.69, 9.17) is 0 Å². The summed E-state index contributed by atoms with van der Waals surface area (Å²) in [7, 11) is 2.11. The molecule has 1 aliphatic rings. The zero-order valence-corrected chi connectivity index (χ0v) is 12.7. The summed E-state index contributed by atoms with van der Waals surface area (Å²) in [5.74, 6) is 0.864. The first kappa shape index (κ1) is 14.4. The van der Waals surface area contributed by atoms with Crippen molar-refractivity contribution in [3.8, 4) is 0 Å². The van der Waals surface area contributed by atoms with Crippen molar-refractivity contribution >= 4 is 5.69 Å². The predicted molar refractivity (Wildman–Crippen MR) is 83.9 cm³/mol. The average molecular weight is 260 g/mol. The van der Waals surface area contributed by atoms with Crippen LogP contribution < -0.4 is 10.2 Å². The van der Waals surface area contributed by atoms with Gasteiger partial charge in [-0.2, -0.15) is 0 Å². The Morgan fingerprint density at radius 1 is 1.26 bits per heavy atom. The van der Waals surface area contributed by atoms with Gasteiger partial charge in [-0.25, -0.2) is 0 Å². The lowest BCUT2D eigenvalue weighted by molar-refractivity contribution is 0.401. The molecular formula is C17H28N2. The molecule has 0 amide bonds. The van der Waals surface area contributed by atoms with Crippen LogP contribution in [0.2, 0.25) is 0 Å². The Morgan fingerprint density at radius 3 is 2.74 bits per heavy atom. The number of hydrogen-bond acceptors (Lipinski definition) is 2. The van der Waals surface area contributed by atoms with Crippen molar-refractivity contribution in [2.24, 2.45) is 5.92 Å².